The van der Waals surface area contributed by atoms with Gasteiger partial charge in [0.15, 0.2) is 10.9 Å². The molecule has 0 saturated carbocycles. The van der Waals surface area contributed by atoms with E-state index in [1.165, 1.54) is 0 Å². The van der Waals surface area contributed by atoms with E-state index in [4.69, 9.17) is 4.74 Å². The molecule has 0 atom stereocenters. The third-order valence-corrected chi connectivity index (χ3v) is 3.17. The number of hydrogen-bond acceptors (Lipinski definition) is 4. The molecule has 0 unspecified atom stereocenters. The van der Waals surface area contributed by atoms with Crippen molar-refractivity contribution in [3.05, 3.63) is 36.1 Å². The van der Waals surface area contributed by atoms with Crippen LogP contribution in [0.2, 0.25) is 0 Å². The van der Waals surface area contributed by atoms with E-state index in [0.717, 1.165) is 11.8 Å². The van der Waals surface area contributed by atoms with Crippen molar-refractivity contribution in [2.45, 2.75) is 24.2 Å². The summed E-state index contributed by atoms with van der Waals surface area (Å²) in [5.41, 5.74) is -1.27. The first kappa shape index (κ1) is 20.3. The second-order valence-corrected chi connectivity index (χ2v) is 5.20. The highest BCUT2D eigenvalue weighted by molar-refractivity contribution is 7.99. The van der Waals surface area contributed by atoms with Gasteiger partial charge in [0.05, 0.1) is 6.61 Å². The average molecular weight is 376 g/mol. The van der Waals surface area contributed by atoms with Crippen molar-refractivity contribution >= 4 is 11.8 Å². The van der Waals surface area contributed by atoms with Crippen LogP contribution in [0.4, 0.5) is 30.7 Å². The number of rotatable bonds is 8. The average Bonchev–Trinajstić information content (AvgIpc) is 2.47. The summed E-state index contributed by atoms with van der Waals surface area (Å²) < 4.78 is 90.6. The lowest BCUT2D eigenvalue weighted by atomic mass is 10.4. The summed E-state index contributed by atoms with van der Waals surface area (Å²) >= 11 is 0.739. The maximum Gasteiger partial charge on any atom is 0.433 e. The zero-order chi connectivity index (χ0) is 18.2. The summed E-state index contributed by atoms with van der Waals surface area (Å²) in [5.74, 6) is -0.395. The summed E-state index contributed by atoms with van der Waals surface area (Å²) in [5, 5.41) is -0.306. The van der Waals surface area contributed by atoms with Gasteiger partial charge in [-0.3, -0.25) is 0 Å². The van der Waals surface area contributed by atoms with Gasteiger partial charge < -0.3 is 4.74 Å². The number of alkyl halides is 3. The number of ether oxygens (including phenoxy) is 1. The maximum atomic E-state index is 12.8. The molecule has 0 amide bonds. The number of thioether (sulfide) groups is 1. The lowest BCUT2D eigenvalue weighted by Crippen LogP contribution is -2.11. The van der Waals surface area contributed by atoms with Gasteiger partial charge in [0.1, 0.15) is 0 Å². The van der Waals surface area contributed by atoms with Gasteiger partial charge in [0.25, 0.3) is 12.2 Å². The fourth-order valence-electron chi connectivity index (χ4n) is 1.34. The first-order valence-corrected chi connectivity index (χ1v) is 7.41. The zero-order valence-electron chi connectivity index (χ0n) is 11.9. The van der Waals surface area contributed by atoms with Crippen molar-refractivity contribution in [2.75, 3.05) is 12.4 Å². The van der Waals surface area contributed by atoms with Crippen molar-refractivity contribution < 1.29 is 35.5 Å². The highest BCUT2D eigenvalue weighted by Gasteiger charge is 2.34. The van der Waals surface area contributed by atoms with Crippen LogP contribution in [-0.4, -0.2) is 22.3 Å². The Morgan fingerprint density at radius 1 is 1.04 bits per heavy atom. The van der Waals surface area contributed by atoms with E-state index in [9.17, 15) is 30.7 Å². The number of halogens is 7. The molecule has 0 radical (unpaired) electrons. The molecule has 134 valence electrons. The van der Waals surface area contributed by atoms with Gasteiger partial charge in [-0.25, -0.2) is 4.98 Å². The second kappa shape index (κ2) is 9.50. The predicted molar refractivity (Wildman–Crippen MR) is 73.1 cm³/mol. The molecule has 3 nitrogen and oxygen atoms in total. The zero-order valence-corrected chi connectivity index (χ0v) is 12.7. The molecular formula is C13H11F7N2OS. The number of nitrogens with zero attached hydrogens (tertiary/aromatic N) is 2. The molecule has 1 rings (SSSR count). The lowest BCUT2D eigenvalue weighted by Gasteiger charge is -2.10. The van der Waals surface area contributed by atoms with E-state index in [1.54, 1.807) is 0 Å². The van der Waals surface area contributed by atoms with Gasteiger partial charge in [-0.1, -0.05) is 11.8 Å². The van der Waals surface area contributed by atoms with Crippen LogP contribution in [0.15, 0.2) is 35.5 Å². The van der Waals surface area contributed by atoms with Crippen LogP contribution in [0.25, 0.3) is 0 Å². The lowest BCUT2D eigenvalue weighted by molar-refractivity contribution is -0.141. The summed E-state index contributed by atoms with van der Waals surface area (Å²) in [6, 6.07) is 0.542. The van der Waals surface area contributed by atoms with Gasteiger partial charge in [-0.05, 0) is 18.6 Å². The van der Waals surface area contributed by atoms with Crippen molar-refractivity contribution in [1.29, 1.82) is 0 Å². The molecule has 0 aliphatic heterocycles. The second-order valence-electron chi connectivity index (χ2n) is 4.13. The van der Waals surface area contributed by atoms with E-state index < -0.39 is 29.9 Å². The van der Waals surface area contributed by atoms with Crippen molar-refractivity contribution in [3.8, 4) is 5.88 Å². The van der Waals surface area contributed by atoms with E-state index in [-0.39, 0.29) is 30.4 Å². The van der Waals surface area contributed by atoms with E-state index in [2.05, 4.69) is 9.97 Å². The van der Waals surface area contributed by atoms with E-state index >= 15 is 0 Å². The van der Waals surface area contributed by atoms with Gasteiger partial charge in [-0.2, -0.15) is 35.7 Å². The standard InChI is InChI=1S/C13H11F7N2OS/c14-9(15)3-1-5-23-11-7-8(13(18,19)20)21-12(22-11)24-6-2-4-10(16)17/h3-4,7H,1-2,5-6H2. The normalized spacial score (nSPS) is 11.1. The molecule has 0 aliphatic rings. The fraction of sp³-hybridized carbons (Fsp3) is 0.385. The van der Waals surface area contributed by atoms with Crippen LogP contribution < -0.4 is 4.74 Å². The van der Waals surface area contributed by atoms with Gasteiger partial charge in [-0.15, -0.1) is 0 Å². The van der Waals surface area contributed by atoms with Crippen molar-refractivity contribution in [3.63, 3.8) is 0 Å². The molecule has 0 spiro atoms. The summed E-state index contributed by atoms with van der Waals surface area (Å²) in [6.07, 6.45) is -7.69. The van der Waals surface area contributed by atoms with Crippen LogP contribution in [0.1, 0.15) is 18.5 Å². The van der Waals surface area contributed by atoms with Crippen molar-refractivity contribution in [1.82, 2.24) is 9.97 Å². The highest BCUT2D eigenvalue weighted by atomic mass is 32.2. The molecule has 0 aromatic carbocycles. The molecule has 24 heavy (non-hydrogen) atoms. The minimum Gasteiger partial charge on any atom is -0.477 e. The molecular weight excluding hydrogens is 365 g/mol. The Bertz CT molecular complexity index is 554. The largest absolute Gasteiger partial charge is 0.477 e. The fourth-order valence-corrected chi connectivity index (χ4v) is 2.07. The topological polar surface area (TPSA) is 35.0 Å². The third kappa shape index (κ3) is 8.18. The summed E-state index contributed by atoms with van der Waals surface area (Å²) in [6.45, 7) is -0.300. The molecule has 1 heterocycles. The first-order valence-electron chi connectivity index (χ1n) is 6.42. The summed E-state index contributed by atoms with van der Waals surface area (Å²) in [7, 11) is 0. The molecule has 0 aliphatic carbocycles. The Kier molecular flexibility index (Phi) is 8.02. The van der Waals surface area contributed by atoms with E-state index in [1.807, 2.05) is 0 Å². The van der Waals surface area contributed by atoms with Gasteiger partial charge in [0.2, 0.25) is 5.88 Å². The maximum absolute atomic E-state index is 12.8. The Balaban J connectivity index is 2.80. The van der Waals surface area contributed by atoms with Crippen LogP contribution in [0.3, 0.4) is 0 Å². The number of allylic oxidation sites excluding steroid dienone is 1. The molecule has 1 aromatic rings. The molecule has 0 N–H and O–H groups in total. The quantitative estimate of drug-likeness (QED) is 0.267. The third-order valence-electron chi connectivity index (χ3n) is 2.29. The van der Waals surface area contributed by atoms with Gasteiger partial charge in [0, 0.05) is 18.2 Å². The SMILES string of the molecule is FC(F)=CCCOc1cc(C(F)(F)F)nc(SCCC=C(F)F)n1. The minimum absolute atomic E-state index is 0.0356. The molecule has 11 heteroatoms. The first-order chi connectivity index (χ1) is 11.2. The number of aromatic nitrogens is 2. The van der Waals surface area contributed by atoms with Gasteiger partial charge >= 0.3 is 6.18 Å². The number of hydrogen-bond donors (Lipinski definition) is 0. The Hall–Kier alpha value is -1.78. The highest BCUT2D eigenvalue weighted by Crippen LogP contribution is 2.31. The van der Waals surface area contributed by atoms with Crippen LogP contribution in [0.5, 0.6) is 5.88 Å². The van der Waals surface area contributed by atoms with E-state index in [0.29, 0.717) is 18.2 Å². The van der Waals surface area contributed by atoms with Crippen LogP contribution >= 0.6 is 11.8 Å². The summed E-state index contributed by atoms with van der Waals surface area (Å²) in [4.78, 5) is 6.98. The Morgan fingerprint density at radius 2 is 1.67 bits per heavy atom. The molecule has 0 fully saturated rings. The monoisotopic (exact) mass is 376 g/mol. The molecule has 0 saturated heterocycles. The minimum atomic E-state index is -4.76. The Labute approximate surface area is 136 Å². The van der Waals surface area contributed by atoms with Crippen LogP contribution in [0, 0.1) is 0 Å². The van der Waals surface area contributed by atoms with Crippen molar-refractivity contribution in [2.24, 2.45) is 0 Å². The smallest absolute Gasteiger partial charge is 0.433 e. The predicted octanol–water partition coefficient (Wildman–Crippen LogP) is 5.31. The Morgan fingerprint density at radius 3 is 2.25 bits per heavy atom. The van der Waals surface area contributed by atoms with Crippen LogP contribution in [-0.2, 0) is 6.18 Å². The molecule has 1 aromatic heterocycles. The molecule has 0 bridgehead atoms.